The van der Waals surface area contributed by atoms with Gasteiger partial charge in [-0.15, -0.1) is 0 Å². The van der Waals surface area contributed by atoms with Crippen LogP contribution >= 0.6 is 11.8 Å². The van der Waals surface area contributed by atoms with Crippen LogP contribution in [0.3, 0.4) is 0 Å². The zero-order valence-electron chi connectivity index (χ0n) is 10.6. The van der Waals surface area contributed by atoms with E-state index in [-0.39, 0.29) is 0 Å². The van der Waals surface area contributed by atoms with Crippen molar-refractivity contribution in [2.75, 3.05) is 37.7 Å². The second-order valence-corrected chi connectivity index (χ2v) is 6.59. The minimum atomic E-state index is 0.810. The van der Waals surface area contributed by atoms with Crippen LogP contribution in [0.25, 0.3) is 0 Å². The monoisotopic (exact) mass is 242 g/mol. The van der Waals surface area contributed by atoms with E-state index < -0.39 is 0 Å². The first-order valence-corrected chi connectivity index (χ1v) is 8.03. The van der Waals surface area contributed by atoms with E-state index in [9.17, 15) is 0 Å². The number of hydrogen-bond acceptors (Lipinski definition) is 3. The van der Waals surface area contributed by atoms with Gasteiger partial charge >= 0.3 is 0 Å². The standard InChI is InChI=1S/C13H26N2S/c1-12-2-7-15(8-3-12)9-6-14-13-4-10-16-11-5-13/h12-14H,2-11H2,1H3. The SMILES string of the molecule is CC1CCN(CCNC2CCSCC2)CC1. The van der Waals surface area contributed by atoms with E-state index in [0.29, 0.717) is 0 Å². The van der Waals surface area contributed by atoms with E-state index in [4.69, 9.17) is 0 Å². The number of piperidine rings is 1. The molecular formula is C13H26N2S. The zero-order chi connectivity index (χ0) is 11.2. The average molecular weight is 242 g/mol. The molecule has 0 spiro atoms. The Bertz CT molecular complexity index is 184. The summed E-state index contributed by atoms with van der Waals surface area (Å²) in [6.07, 6.45) is 5.56. The summed E-state index contributed by atoms with van der Waals surface area (Å²) in [7, 11) is 0. The number of nitrogens with zero attached hydrogens (tertiary/aromatic N) is 1. The molecule has 2 aliphatic rings. The Kier molecular flexibility index (Phi) is 5.46. The fraction of sp³-hybridized carbons (Fsp3) is 1.00. The molecule has 0 bridgehead atoms. The van der Waals surface area contributed by atoms with Gasteiger partial charge < -0.3 is 10.2 Å². The van der Waals surface area contributed by atoms with Crippen LogP contribution in [0.1, 0.15) is 32.6 Å². The van der Waals surface area contributed by atoms with Crippen LogP contribution in [-0.2, 0) is 0 Å². The van der Waals surface area contributed by atoms with Crippen LogP contribution in [0.4, 0.5) is 0 Å². The molecule has 0 atom stereocenters. The molecule has 2 rings (SSSR count). The molecule has 0 amide bonds. The first kappa shape index (κ1) is 12.7. The largest absolute Gasteiger partial charge is 0.313 e. The van der Waals surface area contributed by atoms with Crippen LogP contribution < -0.4 is 5.32 Å². The Hall–Kier alpha value is 0.270. The molecule has 2 saturated heterocycles. The highest BCUT2D eigenvalue weighted by molar-refractivity contribution is 7.99. The van der Waals surface area contributed by atoms with Crippen molar-refractivity contribution in [3.8, 4) is 0 Å². The molecule has 16 heavy (non-hydrogen) atoms. The van der Waals surface area contributed by atoms with Crippen molar-refractivity contribution >= 4 is 11.8 Å². The Morgan fingerprint density at radius 1 is 1.12 bits per heavy atom. The molecule has 3 heteroatoms. The molecule has 0 aliphatic carbocycles. The smallest absolute Gasteiger partial charge is 0.0107 e. The quantitative estimate of drug-likeness (QED) is 0.814. The van der Waals surface area contributed by atoms with Gasteiger partial charge in [-0.3, -0.25) is 0 Å². The summed E-state index contributed by atoms with van der Waals surface area (Å²) in [5.74, 6) is 3.68. The summed E-state index contributed by atoms with van der Waals surface area (Å²) >= 11 is 2.11. The molecular weight excluding hydrogens is 216 g/mol. The first-order chi connectivity index (χ1) is 7.84. The third kappa shape index (κ3) is 4.27. The minimum absolute atomic E-state index is 0.810. The topological polar surface area (TPSA) is 15.3 Å². The third-order valence-corrected chi connectivity index (χ3v) is 5.01. The van der Waals surface area contributed by atoms with Gasteiger partial charge in [0.1, 0.15) is 0 Å². The predicted molar refractivity (Wildman–Crippen MR) is 73.2 cm³/mol. The molecule has 2 heterocycles. The Balaban J connectivity index is 1.53. The number of thioether (sulfide) groups is 1. The number of rotatable bonds is 4. The molecule has 94 valence electrons. The highest BCUT2D eigenvalue weighted by Gasteiger charge is 2.16. The Morgan fingerprint density at radius 2 is 1.81 bits per heavy atom. The number of nitrogens with one attached hydrogen (secondary N) is 1. The summed E-state index contributed by atoms with van der Waals surface area (Å²) in [6, 6.07) is 0.810. The normalized spacial score (nSPS) is 26.1. The third-order valence-electron chi connectivity index (χ3n) is 3.96. The van der Waals surface area contributed by atoms with Gasteiger partial charge in [0.2, 0.25) is 0 Å². The second-order valence-electron chi connectivity index (χ2n) is 5.36. The van der Waals surface area contributed by atoms with Crippen molar-refractivity contribution in [1.29, 1.82) is 0 Å². The second kappa shape index (κ2) is 6.87. The molecule has 0 aromatic carbocycles. The summed E-state index contributed by atoms with van der Waals surface area (Å²) in [4.78, 5) is 2.63. The lowest BCUT2D eigenvalue weighted by Gasteiger charge is -2.31. The van der Waals surface area contributed by atoms with Crippen LogP contribution in [-0.4, -0.2) is 48.6 Å². The molecule has 2 aliphatic heterocycles. The molecule has 0 unspecified atom stereocenters. The van der Waals surface area contributed by atoms with Crippen LogP contribution in [0.15, 0.2) is 0 Å². The van der Waals surface area contributed by atoms with Gasteiger partial charge in [-0.2, -0.15) is 11.8 Å². The zero-order valence-corrected chi connectivity index (χ0v) is 11.4. The van der Waals surface area contributed by atoms with Gasteiger partial charge in [0.15, 0.2) is 0 Å². The van der Waals surface area contributed by atoms with Crippen molar-refractivity contribution in [1.82, 2.24) is 10.2 Å². The maximum atomic E-state index is 3.73. The molecule has 1 N–H and O–H groups in total. The summed E-state index contributed by atoms with van der Waals surface area (Å²) < 4.78 is 0. The predicted octanol–water partition coefficient (Wildman–Crippen LogP) is 2.20. The van der Waals surface area contributed by atoms with Crippen molar-refractivity contribution in [3.63, 3.8) is 0 Å². The lowest BCUT2D eigenvalue weighted by Crippen LogP contribution is -2.41. The van der Waals surface area contributed by atoms with E-state index in [1.807, 2.05) is 0 Å². The summed E-state index contributed by atoms with van der Waals surface area (Å²) in [5.41, 5.74) is 0. The van der Waals surface area contributed by atoms with Crippen LogP contribution in [0.5, 0.6) is 0 Å². The first-order valence-electron chi connectivity index (χ1n) is 6.88. The number of hydrogen-bond donors (Lipinski definition) is 1. The van der Waals surface area contributed by atoms with Crippen molar-refractivity contribution in [2.24, 2.45) is 5.92 Å². The highest BCUT2D eigenvalue weighted by atomic mass is 32.2. The molecule has 0 aromatic rings. The van der Waals surface area contributed by atoms with E-state index in [0.717, 1.165) is 12.0 Å². The maximum Gasteiger partial charge on any atom is 0.0107 e. The fourth-order valence-corrected chi connectivity index (χ4v) is 3.72. The molecule has 0 aromatic heterocycles. The van der Waals surface area contributed by atoms with Crippen LogP contribution in [0, 0.1) is 5.92 Å². The fourth-order valence-electron chi connectivity index (χ4n) is 2.61. The molecule has 0 radical (unpaired) electrons. The van der Waals surface area contributed by atoms with Crippen molar-refractivity contribution in [3.05, 3.63) is 0 Å². The van der Waals surface area contributed by atoms with Gasteiger partial charge in [-0.1, -0.05) is 6.92 Å². The highest BCUT2D eigenvalue weighted by Crippen LogP contribution is 2.17. The van der Waals surface area contributed by atoms with Crippen LogP contribution in [0.2, 0.25) is 0 Å². The maximum absolute atomic E-state index is 3.73. The lowest BCUT2D eigenvalue weighted by molar-refractivity contribution is 0.191. The van der Waals surface area contributed by atoms with Gasteiger partial charge in [0.25, 0.3) is 0 Å². The molecule has 2 fully saturated rings. The average Bonchev–Trinajstić information content (AvgIpc) is 2.33. The lowest BCUT2D eigenvalue weighted by atomic mass is 9.99. The Morgan fingerprint density at radius 3 is 2.50 bits per heavy atom. The van der Waals surface area contributed by atoms with Gasteiger partial charge in [-0.05, 0) is 56.2 Å². The Labute approximate surface area is 105 Å². The van der Waals surface area contributed by atoms with E-state index >= 15 is 0 Å². The van der Waals surface area contributed by atoms with Crippen molar-refractivity contribution in [2.45, 2.75) is 38.6 Å². The molecule has 0 saturated carbocycles. The molecule has 2 nitrogen and oxygen atoms in total. The van der Waals surface area contributed by atoms with E-state index in [2.05, 4.69) is 28.9 Å². The van der Waals surface area contributed by atoms with Gasteiger partial charge in [0, 0.05) is 19.1 Å². The van der Waals surface area contributed by atoms with Crippen molar-refractivity contribution < 1.29 is 0 Å². The van der Waals surface area contributed by atoms with Gasteiger partial charge in [-0.25, -0.2) is 0 Å². The summed E-state index contributed by atoms with van der Waals surface area (Å²) in [5, 5.41) is 3.73. The van der Waals surface area contributed by atoms with Gasteiger partial charge in [0.05, 0.1) is 0 Å². The number of likely N-dealkylation sites (tertiary alicyclic amines) is 1. The summed E-state index contributed by atoms with van der Waals surface area (Å²) in [6.45, 7) is 7.49. The van der Waals surface area contributed by atoms with E-state index in [1.165, 1.54) is 63.4 Å². The van der Waals surface area contributed by atoms with E-state index in [1.54, 1.807) is 0 Å². The minimum Gasteiger partial charge on any atom is -0.313 e.